The van der Waals surface area contributed by atoms with Crippen molar-refractivity contribution >= 4 is 0 Å². The summed E-state index contributed by atoms with van der Waals surface area (Å²) in [5, 5.41) is 10.2. The second-order valence-corrected chi connectivity index (χ2v) is 4.61. The number of hydrogen-bond acceptors (Lipinski definition) is 2. The molecule has 0 radical (unpaired) electrons. The molecule has 19 heavy (non-hydrogen) atoms. The Morgan fingerprint density at radius 2 is 2.05 bits per heavy atom. The van der Waals surface area contributed by atoms with Gasteiger partial charge in [0.25, 0.3) is 0 Å². The van der Waals surface area contributed by atoms with Crippen LogP contribution < -0.4 is 4.74 Å². The minimum atomic E-state index is -4.71. The summed E-state index contributed by atoms with van der Waals surface area (Å²) in [7, 11) is 0. The molecule has 1 aliphatic carbocycles. The monoisotopic (exact) mass is 272 g/mol. The average Bonchev–Trinajstić information content (AvgIpc) is 2.37. The molecule has 2 unspecified atom stereocenters. The van der Waals surface area contributed by atoms with Gasteiger partial charge in [-0.15, -0.1) is 13.2 Å². The van der Waals surface area contributed by atoms with Crippen LogP contribution in [0.5, 0.6) is 5.75 Å². The zero-order valence-corrected chi connectivity index (χ0v) is 10.2. The van der Waals surface area contributed by atoms with Crippen molar-refractivity contribution in [1.29, 1.82) is 0 Å². The Bertz CT molecular complexity index is 454. The van der Waals surface area contributed by atoms with E-state index in [2.05, 4.69) is 4.74 Å². The van der Waals surface area contributed by atoms with Crippen LogP contribution in [0.25, 0.3) is 0 Å². The minimum Gasteiger partial charge on any atom is -0.406 e. The molecule has 0 amide bonds. The van der Waals surface area contributed by atoms with Gasteiger partial charge in [0.2, 0.25) is 0 Å². The summed E-state index contributed by atoms with van der Waals surface area (Å²) in [6, 6.07) is 5.55. The van der Waals surface area contributed by atoms with Gasteiger partial charge in [0.05, 0.1) is 6.10 Å². The number of hydrogen-bond donors (Lipinski definition) is 1. The lowest BCUT2D eigenvalue weighted by atomic mass is 9.86. The quantitative estimate of drug-likeness (QED) is 0.843. The van der Waals surface area contributed by atoms with E-state index < -0.39 is 12.5 Å². The third-order valence-corrected chi connectivity index (χ3v) is 3.19. The maximum absolute atomic E-state index is 12.1. The predicted molar refractivity (Wildman–Crippen MR) is 64.6 cm³/mol. The Kier molecular flexibility index (Phi) is 4.14. The number of halogens is 3. The van der Waals surface area contributed by atoms with Crippen molar-refractivity contribution in [2.24, 2.45) is 5.92 Å². The van der Waals surface area contributed by atoms with Crippen LogP contribution in [0.1, 0.15) is 30.9 Å². The Morgan fingerprint density at radius 3 is 2.68 bits per heavy atom. The topological polar surface area (TPSA) is 29.5 Å². The molecule has 0 spiro atoms. The smallest absolute Gasteiger partial charge is 0.406 e. The zero-order chi connectivity index (χ0) is 13.9. The van der Waals surface area contributed by atoms with Gasteiger partial charge in [-0.1, -0.05) is 24.3 Å². The van der Waals surface area contributed by atoms with Crippen molar-refractivity contribution in [3.05, 3.63) is 42.0 Å². The van der Waals surface area contributed by atoms with Crippen molar-refractivity contribution in [3.63, 3.8) is 0 Å². The van der Waals surface area contributed by atoms with Crippen LogP contribution in [-0.4, -0.2) is 11.5 Å². The molecule has 0 bridgehead atoms. The Labute approximate surface area is 109 Å². The Morgan fingerprint density at radius 1 is 1.26 bits per heavy atom. The molecule has 2 rings (SSSR count). The summed E-state index contributed by atoms with van der Waals surface area (Å²) in [5.74, 6) is -0.249. The highest BCUT2D eigenvalue weighted by molar-refractivity contribution is 5.30. The van der Waals surface area contributed by atoms with Crippen LogP contribution in [-0.2, 0) is 0 Å². The third kappa shape index (κ3) is 3.99. The largest absolute Gasteiger partial charge is 0.573 e. The molecule has 0 saturated heterocycles. The number of alkyl halides is 3. The van der Waals surface area contributed by atoms with Crippen LogP contribution in [0.3, 0.4) is 0 Å². The van der Waals surface area contributed by atoms with E-state index in [0.29, 0.717) is 5.56 Å². The number of rotatable bonds is 3. The van der Waals surface area contributed by atoms with Gasteiger partial charge in [0.15, 0.2) is 0 Å². The van der Waals surface area contributed by atoms with Crippen molar-refractivity contribution in [2.45, 2.75) is 31.7 Å². The highest BCUT2D eigenvalue weighted by atomic mass is 19.4. The van der Waals surface area contributed by atoms with E-state index in [1.54, 1.807) is 6.07 Å². The summed E-state index contributed by atoms with van der Waals surface area (Å²) < 4.78 is 40.3. The van der Waals surface area contributed by atoms with Gasteiger partial charge in [0.1, 0.15) is 5.75 Å². The molecule has 0 aromatic heterocycles. The molecule has 1 aromatic rings. The van der Waals surface area contributed by atoms with E-state index in [-0.39, 0.29) is 11.7 Å². The van der Waals surface area contributed by atoms with Gasteiger partial charge in [-0.3, -0.25) is 0 Å². The van der Waals surface area contributed by atoms with Gasteiger partial charge < -0.3 is 9.84 Å². The number of ether oxygens (including phenoxy) is 1. The van der Waals surface area contributed by atoms with E-state index >= 15 is 0 Å². The van der Waals surface area contributed by atoms with Gasteiger partial charge >= 0.3 is 6.36 Å². The average molecular weight is 272 g/mol. The van der Waals surface area contributed by atoms with E-state index in [1.165, 1.54) is 18.2 Å². The lowest BCUT2D eigenvalue weighted by Gasteiger charge is -2.24. The second-order valence-electron chi connectivity index (χ2n) is 4.61. The molecule has 104 valence electrons. The molecule has 1 N–H and O–H groups in total. The van der Waals surface area contributed by atoms with Gasteiger partial charge in [-0.05, 0) is 42.9 Å². The predicted octanol–water partition coefficient (Wildman–Crippen LogP) is 3.97. The van der Waals surface area contributed by atoms with E-state index in [9.17, 15) is 18.3 Å². The fourth-order valence-electron chi connectivity index (χ4n) is 2.27. The normalized spacial score (nSPS) is 21.2. The molecule has 1 aromatic carbocycles. The Hall–Kier alpha value is -1.49. The summed E-state index contributed by atoms with van der Waals surface area (Å²) >= 11 is 0. The highest BCUT2D eigenvalue weighted by Gasteiger charge is 2.31. The molecule has 0 saturated carbocycles. The minimum absolute atomic E-state index is 0.0473. The van der Waals surface area contributed by atoms with Crippen LogP contribution in [0.15, 0.2) is 36.4 Å². The van der Waals surface area contributed by atoms with Crippen molar-refractivity contribution in [2.75, 3.05) is 0 Å². The number of allylic oxidation sites excluding steroid dienone is 2. The number of aliphatic hydroxyl groups excluding tert-OH is 1. The lowest BCUT2D eigenvalue weighted by Crippen LogP contribution is -2.18. The third-order valence-electron chi connectivity index (χ3n) is 3.19. The SMILES string of the molecule is OC(c1cccc(OC(F)(F)F)c1)C1CC=CCC1. The first kappa shape index (κ1) is 13.9. The first-order valence-electron chi connectivity index (χ1n) is 6.14. The molecule has 0 aliphatic heterocycles. The standard InChI is InChI=1S/C14H15F3O2/c15-14(16,17)19-12-8-4-7-11(9-12)13(18)10-5-2-1-3-6-10/h1-2,4,7-10,13,18H,3,5-6H2. The van der Waals surface area contributed by atoms with Crippen LogP contribution in [0.4, 0.5) is 13.2 Å². The van der Waals surface area contributed by atoms with E-state index in [4.69, 9.17) is 0 Å². The maximum atomic E-state index is 12.1. The van der Waals surface area contributed by atoms with Crippen molar-refractivity contribution < 1.29 is 23.0 Å². The van der Waals surface area contributed by atoms with Gasteiger partial charge in [-0.2, -0.15) is 0 Å². The summed E-state index contributed by atoms with van der Waals surface area (Å²) in [5.41, 5.74) is 0.460. The summed E-state index contributed by atoms with van der Waals surface area (Å²) in [6.07, 6.45) is 1.03. The van der Waals surface area contributed by atoms with Gasteiger partial charge in [0, 0.05) is 0 Å². The fourth-order valence-corrected chi connectivity index (χ4v) is 2.27. The van der Waals surface area contributed by atoms with Crippen LogP contribution in [0.2, 0.25) is 0 Å². The van der Waals surface area contributed by atoms with Crippen LogP contribution in [0, 0.1) is 5.92 Å². The maximum Gasteiger partial charge on any atom is 0.573 e. The molecule has 2 nitrogen and oxygen atoms in total. The van der Waals surface area contributed by atoms with E-state index in [0.717, 1.165) is 19.3 Å². The summed E-state index contributed by atoms with van der Waals surface area (Å²) in [4.78, 5) is 0. The molecular formula is C14H15F3O2. The van der Waals surface area contributed by atoms with Crippen molar-refractivity contribution in [1.82, 2.24) is 0 Å². The molecular weight excluding hydrogens is 257 g/mol. The molecule has 5 heteroatoms. The molecule has 0 heterocycles. The second kappa shape index (κ2) is 5.65. The lowest BCUT2D eigenvalue weighted by molar-refractivity contribution is -0.274. The number of benzene rings is 1. The van der Waals surface area contributed by atoms with E-state index in [1.807, 2.05) is 12.2 Å². The fraction of sp³-hybridized carbons (Fsp3) is 0.429. The van der Waals surface area contributed by atoms with Gasteiger partial charge in [-0.25, -0.2) is 0 Å². The highest BCUT2D eigenvalue weighted by Crippen LogP contribution is 2.33. The Balaban J connectivity index is 2.11. The molecule has 1 aliphatic rings. The molecule has 2 atom stereocenters. The first-order chi connectivity index (χ1) is 8.96. The van der Waals surface area contributed by atoms with Crippen LogP contribution >= 0.6 is 0 Å². The zero-order valence-electron chi connectivity index (χ0n) is 10.2. The molecule has 0 fully saturated rings. The van der Waals surface area contributed by atoms with Crippen molar-refractivity contribution in [3.8, 4) is 5.75 Å². The first-order valence-corrected chi connectivity index (χ1v) is 6.14. The number of aliphatic hydroxyl groups is 1. The summed E-state index contributed by atoms with van der Waals surface area (Å²) in [6.45, 7) is 0.